The summed E-state index contributed by atoms with van der Waals surface area (Å²) in [6.45, 7) is 3.93. The van der Waals surface area contributed by atoms with Gasteiger partial charge in [0.25, 0.3) is 22.9 Å². The summed E-state index contributed by atoms with van der Waals surface area (Å²) < 4.78 is 71.8. The summed E-state index contributed by atoms with van der Waals surface area (Å²) in [5, 5.41) is 18.3. The second-order valence-corrected chi connectivity index (χ2v) is 27.3. The molecule has 12 rings (SSSR count). The Morgan fingerprint density at radius 2 is 1.12 bits per heavy atom. The molecule has 8 aromatic rings. The molecule has 6 aromatic heterocycles. The second-order valence-electron chi connectivity index (χ2n) is 24.5. The van der Waals surface area contributed by atoms with Crippen molar-refractivity contribution in [2.75, 3.05) is 42.4 Å². The maximum atomic E-state index is 13.7. The number of carbonyl (C=O) groups is 5. The molecule has 0 saturated carbocycles. The second kappa shape index (κ2) is 33.5. The molecule has 39 nitrogen and oxygen atoms in total. The van der Waals surface area contributed by atoms with Crippen molar-refractivity contribution in [1.82, 2.24) is 58.1 Å². The lowest BCUT2D eigenvalue weighted by atomic mass is 10.1. The molecule has 4 aliphatic rings. The summed E-state index contributed by atoms with van der Waals surface area (Å²) in [7, 11) is -8.76. The number of imidazole rings is 2. The summed E-state index contributed by atoms with van der Waals surface area (Å²) in [6, 6.07) is 17.9. The number of hydrogen-bond acceptors (Lipinski definition) is 30. The molecular weight excluding hydrogens is 1430 g/mol. The summed E-state index contributed by atoms with van der Waals surface area (Å²) in [6.07, 6.45) is -7.81. The number of esters is 1. The van der Waals surface area contributed by atoms with E-state index in [0.29, 0.717) is 11.1 Å². The number of ketones is 1. The highest BCUT2D eigenvalue weighted by molar-refractivity contribution is 7.41. The van der Waals surface area contributed by atoms with Crippen LogP contribution in [-0.4, -0.2) is 183 Å². The Morgan fingerprint density at radius 3 is 1.68 bits per heavy atom. The third-order valence-electron chi connectivity index (χ3n) is 16.9. The number of aromatic amines is 2. The van der Waals surface area contributed by atoms with E-state index in [-0.39, 0.29) is 89.8 Å². The predicted molar refractivity (Wildman–Crippen MR) is 361 cm³/mol. The first-order chi connectivity index (χ1) is 50.0. The summed E-state index contributed by atoms with van der Waals surface area (Å²) in [5.41, 5.74) is -1.83. The van der Waals surface area contributed by atoms with E-state index in [2.05, 4.69) is 55.8 Å². The smallest absolute Gasteiger partial charge is 0.351 e. The van der Waals surface area contributed by atoms with Crippen molar-refractivity contribution in [3.05, 3.63) is 156 Å². The maximum Gasteiger partial charge on any atom is 0.351 e. The van der Waals surface area contributed by atoms with Gasteiger partial charge in [-0.05, 0) is 44.2 Å². The summed E-state index contributed by atoms with van der Waals surface area (Å²) in [4.78, 5) is 181. The Balaban J connectivity index is 0.753. The summed E-state index contributed by atoms with van der Waals surface area (Å²) in [5.74, 6) is -3.06. The zero-order valence-electron chi connectivity index (χ0n) is 55.6. The molecular formula is C62H70N15O24P3. The van der Waals surface area contributed by atoms with Gasteiger partial charge in [-0.1, -0.05) is 50.2 Å². The van der Waals surface area contributed by atoms with Crippen LogP contribution in [0.3, 0.4) is 0 Å². The van der Waals surface area contributed by atoms with E-state index in [1.807, 2.05) is 0 Å². The molecule has 0 bridgehead atoms. The van der Waals surface area contributed by atoms with Crippen LogP contribution < -0.4 is 38.4 Å². The fraction of sp³-hybridized carbons (Fsp3) is 0.435. The molecule has 10 heterocycles. The Labute approximate surface area is 590 Å². The Kier molecular flexibility index (Phi) is 24.1. The van der Waals surface area contributed by atoms with Gasteiger partial charge in [0, 0.05) is 67.1 Å². The van der Waals surface area contributed by atoms with E-state index in [0.717, 1.165) is 9.13 Å². The number of anilines is 3. The molecule has 2 aromatic carbocycles. The first kappa shape index (κ1) is 74.9. The molecule has 3 unspecified atom stereocenters. The number of ether oxygens (including phenoxy) is 5. The van der Waals surface area contributed by atoms with Crippen LogP contribution in [0.25, 0.3) is 22.3 Å². The largest absolute Gasteiger partial charge is 0.459 e. The zero-order chi connectivity index (χ0) is 73.5. The van der Waals surface area contributed by atoms with Crippen LogP contribution in [0, 0.1) is 12.8 Å². The predicted octanol–water partition coefficient (Wildman–Crippen LogP) is 3.46. The molecule has 0 radical (unpaired) electrons. The van der Waals surface area contributed by atoms with Crippen molar-refractivity contribution < 1.29 is 94.6 Å². The van der Waals surface area contributed by atoms with Gasteiger partial charge in [0.1, 0.15) is 73.4 Å². The van der Waals surface area contributed by atoms with Gasteiger partial charge >= 0.3 is 43.2 Å². The number of H-pyrrole nitrogens is 2. The van der Waals surface area contributed by atoms with Gasteiger partial charge in [0.05, 0.1) is 63.8 Å². The molecule has 15 atom stereocenters. The normalized spacial score (nSPS) is 24.0. The number of amides is 3. The molecule has 9 N–H and O–H groups in total. The molecule has 3 amide bonds. The molecule has 104 heavy (non-hydrogen) atoms. The molecule has 4 fully saturated rings. The minimum atomic E-state index is -2.98. The third kappa shape index (κ3) is 17.9. The SMILES string of the molecule is CC(=O)CCC(=O)O[C@H]1C[C@H](n2cc(C)c(=O)[nH]c2=O)O[C@@H]1COP(O)O[C@H]1C[C@H](n2cnc3c(NC(=O)c4ccccc4)ncnc32)O[C@@H]1COP(O)O[C@H]1C[C@H](n2ccc(NC(=O)c3ccccc3)nc2=O)O[C@@H]1COP(O)O[C@H]1C[C@H](n2cnc3c(=O)[nH]c(NC(=O)C(C)C)nc32)O[C@@H]1CO. The third-order valence-corrected chi connectivity index (χ3v) is 19.4. The van der Waals surface area contributed by atoms with Crippen molar-refractivity contribution in [3.8, 4) is 0 Å². The maximum absolute atomic E-state index is 13.7. The summed E-state index contributed by atoms with van der Waals surface area (Å²) >= 11 is 0. The standard InChI is InChI=1S/C62H70N15O24P3/c1-31(2)55(81)71-60-70-54-51(59(85)72-60)66-30-77(54)48-20-37(40(24-78)94-48)99-102(88)92-26-42-38(21-45(96-42)74-18-17-44(68-61(74)86)67-57(83)34-11-7-5-8-12-34)100-104(90)93-27-43-39(22-47(97-43)76-29-65-50-52(63-28-64-53(50)76)69-58(84)35-13-9-6-10-14-35)101-103(89)91-25-41-36(98-49(80)16-15-33(4)79)19-46(95-41)75-23-32(3)56(82)73-62(75)87/h5-14,17-18,23,28-31,36-43,45-48,78,88-90H,15-16,19-22,24-27H2,1-4H3,(H,73,82,87)(H,63,64,69,84)(H,67,68,83,86)(H2,70,71,72,81,85)/t36-,37-,38-,39-,40+,41+,42+,43+,45+,46+,47+,48+,102?,103?,104?/m0/s1. The highest BCUT2D eigenvalue weighted by atomic mass is 31.2. The first-order valence-electron chi connectivity index (χ1n) is 32.4. The van der Waals surface area contributed by atoms with Crippen LogP contribution in [-0.2, 0) is 65.2 Å². The molecule has 4 saturated heterocycles. The highest BCUT2D eigenvalue weighted by Gasteiger charge is 2.46. The van der Waals surface area contributed by atoms with Gasteiger partial charge in [0.2, 0.25) is 11.9 Å². The minimum Gasteiger partial charge on any atom is -0.459 e. The number of benzene rings is 2. The van der Waals surface area contributed by atoms with E-state index in [4.69, 9.17) is 50.8 Å². The van der Waals surface area contributed by atoms with Crippen molar-refractivity contribution in [3.63, 3.8) is 0 Å². The van der Waals surface area contributed by atoms with E-state index in [9.17, 15) is 62.9 Å². The lowest BCUT2D eigenvalue weighted by Gasteiger charge is -2.25. The van der Waals surface area contributed by atoms with Crippen LogP contribution in [0.2, 0.25) is 0 Å². The number of aliphatic hydroxyl groups excluding tert-OH is 1. The average molecular weight is 1500 g/mol. The van der Waals surface area contributed by atoms with Crippen molar-refractivity contribution in [1.29, 1.82) is 0 Å². The average Bonchev–Trinajstić information content (AvgIpc) is 1.60. The fourth-order valence-electron chi connectivity index (χ4n) is 11.6. The van der Waals surface area contributed by atoms with Crippen LogP contribution >= 0.6 is 25.8 Å². The van der Waals surface area contributed by atoms with E-state index < -0.39 is 178 Å². The van der Waals surface area contributed by atoms with E-state index in [1.165, 1.54) is 60.4 Å². The van der Waals surface area contributed by atoms with Crippen LogP contribution in [0.5, 0.6) is 0 Å². The number of fused-ring (bicyclic) bond motifs is 2. The molecule has 0 spiro atoms. The van der Waals surface area contributed by atoms with Crippen LogP contribution in [0.1, 0.15) is 110 Å². The molecule has 42 heteroatoms. The lowest BCUT2D eigenvalue weighted by molar-refractivity contribution is -0.153. The number of nitrogens with one attached hydrogen (secondary N) is 5. The van der Waals surface area contributed by atoms with Crippen molar-refractivity contribution in [2.45, 2.75) is 140 Å². The monoisotopic (exact) mass is 1500 g/mol. The van der Waals surface area contributed by atoms with Gasteiger partial charge in [0.15, 0.2) is 28.1 Å². The van der Waals surface area contributed by atoms with Gasteiger partial charge in [-0.15, -0.1) is 0 Å². The van der Waals surface area contributed by atoms with Crippen LogP contribution in [0.15, 0.2) is 117 Å². The number of nitrogens with zero attached hydrogens (tertiary/aromatic N) is 10. The number of aliphatic hydroxyl groups is 1. The Morgan fingerprint density at radius 1 is 0.596 bits per heavy atom. The van der Waals surface area contributed by atoms with Crippen molar-refractivity contribution >= 4 is 95.2 Å². The number of carbonyl (C=O) groups excluding carboxylic acids is 5. The number of Topliss-reactive ketones (excluding diaryl/α,β-unsaturated/α-hetero) is 1. The highest BCUT2D eigenvalue weighted by Crippen LogP contribution is 2.48. The van der Waals surface area contributed by atoms with Gasteiger partial charge in [-0.2, -0.15) is 9.97 Å². The van der Waals surface area contributed by atoms with Gasteiger partial charge in [-0.25, -0.2) is 29.5 Å². The number of aromatic nitrogens is 12. The van der Waals surface area contributed by atoms with E-state index in [1.54, 1.807) is 74.5 Å². The number of hydrogen-bond donors (Lipinski definition) is 9. The molecule has 552 valence electrons. The Bertz CT molecular complexity index is 4670. The Hall–Kier alpha value is -8.82. The first-order valence-corrected chi connectivity index (χ1v) is 35.8. The zero-order valence-corrected chi connectivity index (χ0v) is 58.3. The van der Waals surface area contributed by atoms with Gasteiger partial charge < -0.3 is 86.0 Å². The number of aryl methyl sites for hydroxylation is 1. The van der Waals surface area contributed by atoms with E-state index >= 15 is 0 Å². The minimum absolute atomic E-state index is 0.0359. The quantitative estimate of drug-likeness (QED) is 0.0230. The molecule has 4 aliphatic heterocycles. The molecule has 0 aliphatic carbocycles. The fourth-order valence-corrected chi connectivity index (χ4v) is 13.9. The van der Waals surface area contributed by atoms with Crippen LogP contribution in [0.4, 0.5) is 17.6 Å². The topological polar surface area (TPSA) is 501 Å². The van der Waals surface area contributed by atoms with Gasteiger partial charge in [-0.3, -0.25) is 62.3 Å². The number of rotatable bonds is 30. The lowest BCUT2D eigenvalue weighted by Crippen LogP contribution is -2.33. The van der Waals surface area contributed by atoms with Crippen molar-refractivity contribution in [2.24, 2.45) is 5.92 Å².